The number of terminal acetylenes is 1. The molecule has 0 aliphatic heterocycles. The maximum absolute atomic E-state index is 5.39. The lowest BCUT2D eigenvalue weighted by Crippen LogP contribution is -2.15. The summed E-state index contributed by atoms with van der Waals surface area (Å²) in [6.07, 6.45) is 6.34. The van der Waals surface area contributed by atoms with Crippen LogP contribution in [0.2, 0.25) is 0 Å². The van der Waals surface area contributed by atoms with Crippen LogP contribution >= 0.6 is 0 Å². The third kappa shape index (κ3) is 1.13. The Morgan fingerprint density at radius 1 is 1.29 bits per heavy atom. The molecule has 1 atom stereocenters. The second-order valence-corrected chi connectivity index (χ2v) is 3.33. The molecule has 14 heavy (non-hydrogen) atoms. The summed E-state index contributed by atoms with van der Waals surface area (Å²) in [4.78, 5) is 0. The molecule has 1 aliphatic carbocycles. The van der Waals surface area contributed by atoms with E-state index in [1.807, 2.05) is 12.1 Å². The van der Waals surface area contributed by atoms with Crippen molar-refractivity contribution in [3.63, 3.8) is 0 Å². The average Bonchev–Trinajstić information content (AvgIpc) is 2.20. The lowest BCUT2D eigenvalue weighted by atomic mass is 9.78. The van der Waals surface area contributed by atoms with Gasteiger partial charge in [-0.25, -0.2) is 0 Å². The Balaban J connectivity index is 2.44. The molecule has 0 N–H and O–H groups in total. The van der Waals surface area contributed by atoms with Crippen LogP contribution in [0.4, 0.5) is 0 Å². The van der Waals surface area contributed by atoms with E-state index < -0.39 is 0 Å². The lowest BCUT2D eigenvalue weighted by Gasteiger charge is -2.27. The van der Waals surface area contributed by atoms with E-state index in [2.05, 4.69) is 5.92 Å². The van der Waals surface area contributed by atoms with Crippen LogP contribution in [0.1, 0.15) is 17.0 Å². The minimum atomic E-state index is 0.254. The third-order valence-electron chi connectivity index (χ3n) is 2.65. The molecule has 0 spiro atoms. The van der Waals surface area contributed by atoms with Crippen molar-refractivity contribution in [2.75, 3.05) is 14.2 Å². The molecule has 0 radical (unpaired) electrons. The zero-order valence-electron chi connectivity index (χ0n) is 8.33. The van der Waals surface area contributed by atoms with E-state index in [1.54, 1.807) is 14.2 Å². The maximum Gasteiger partial charge on any atom is 0.161 e. The van der Waals surface area contributed by atoms with Crippen molar-refractivity contribution in [2.45, 2.75) is 12.3 Å². The highest BCUT2D eigenvalue weighted by Crippen LogP contribution is 2.41. The van der Waals surface area contributed by atoms with Crippen LogP contribution in [0.25, 0.3) is 0 Å². The first kappa shape index (κ1) is 8.96. The molecule has 1 aliphatic rings. The molecular formula is C12H12O2. The van der Waals surface area contributed by atoms with Gasteiger partial charge in [0.15, 0.2) is 11.5 Å². The van der Waals surface area contributed by atoms with Crippen LogP contribution in [0.5, 0.6) is 11.5 Å². The molecule has 72 valence electrons. The predicted molar refractivity (Wildman–Crippen MR) is 54.8 cm³/mol. The second-order valence-electron chi connectivity index (χ2n) is 3.33. The van der Waals surface area contributed by atoms with Crippen LogP contribution in [0.15, 0.2) is 12.1 Å². The molecule has 2 nitrogen and oxygen atoms in total. The van der Waals surface area contributed by atoms with Crippen molar-refractivity contribution in [2.24, 2.45) is 0 Å². The number of methoxy groups -OCH3 is 2. The van der Waals surface area contributed by atoms with E-state index in [0.29, 0.717) is 0 Å². The molecule has 2 rings (SSSR count). The second kappa shape index (κ2) is 3.26. The molecule has 0 saturated carbocycles. The van der Waals surface area contributed by atoms with Gasteiger partial charge < -0.3 is 9.47 Å². The fraction of sp³-hybridized carbons (Fsp3) is 0.333. The monoisotopic (exact) mass is 188 g/mol. The lowest BCUT2D eigenvalue weighted by molar-refractivity contribution is 0.353. The van der Waals surface area contributed by atoms with Crippen molar-refractivity contribution in [1.82, 2.24) is 0 Å². The standard InChI is InChI=1S/C12H12O2/c1-4-8-5-9-6-11(13-2)12(14-3)7-10(8)9/h1,6-8H,5H2,2-3H3/t8-/m1/s1. The van der Waals surface area contributed by atoms with E-state index in [9.17, 15) is 0 Å². The first-order valence-electron chi connectivity index (χ1n) is 4.51. The van der Waals surface area contributed by atoms with Crippen LogP contribution < -0.4 is 9.47 Å². The van der Waals surface area contributed by atoms with Crippen LogP contribution in [0, 0.1) is 12.3 Å². The van der Waals surface area contributed by atoms with E-state index in [4.69, 9.17) is 15.9 Å². The number of fused-ring (bicyclic) bond motifs is 1. The molecule has 0 unspecified atom stereocenters. The van der Waals surface area contributed by atoms with E-state index in [0.717, 1.165) is 17.9 Å². The molecule has 0 fully saturated rings. The zero-order valence-corrected chi connectivity index (χ0v) is 8.33. The maximum atomic E-state index is 5.39. The highest BCUT2D eigenvalue weighted by atomic mass is 16.5. The largest absolute Gasteiger partial charge is 0.493 e. The van der Waals surface area contributed by atoms with Gasteiger partial charge in [-0.2, -0.15) is 0 Å². The fourth-order valence-corrected chi connectivity index (χ4v) is 1.79. The number of rotatable bonds is 2. The summed E-state index contributed by atoms with van der Waals surface area (Å²) in [5, 5.41) is 0. The van der Waals surface area contributed by atoms with Gasteiger partial charge in [0.2, 0.25) is 0 Å². The summed E-state index contributed by atoms with van der Waals surface area (Å²) in [6, 6.07) is 3.98. The Bertz CT molecular complexity index is 402. The Labute approximate surface area is 83.8 Å². The van der Waals surface area contributed by atoms with Crippen molar-refractivity contribution < 1.29 is 9.47 Å². The Morgan fingerprint density at radius 3 is 2.50 bits per heavy atom. The third-order valence-corrected chi connectivity index (χ3v) is 2.65. The average molecular weight is 188 g/mol. The molecule has 0 saturated heterocycles. The number of hydrogen-bond acceptors (Lipinski definition) is 2. The van der Waals surface area contributed by atoms with Gasteiger partial charge in [0.25, 0.3) is 0 Å². The Morgan fingerprint density at radius 2 is 1.93 bits per heavy atom. The minimum Gasteiger partial charge on any atom is -0.493 e. The van der Waals surface area contributed by atoms with Crippen molar-refractivity contribution in [3.8, 4) is 23.8 Å². The van der Waals surface area contributed by atoms with Gasteiger partial charge in [-0.05, 0) is 29.7 Å². The highest BCUT2D eigenvalue weighted by molar-refractivity contribution is 5.55. The summed E-state index contributed by atoms with van der Waals surface area (Å²) >= 11 is 0. The SMILES string of the molecule is C#C[C@@H]1Cc2cc(OC)c(OC)cc21. The van der Waals surface area contributed by atoms with Crippen LogP contribution in [-0.4, -0.2) is 14.2 Å². The van der Waals surface area contributed by atoms with Crippen LogP contribution in [-0.2, 0) is 6.42 Å². The summed E-state index contributed by atoms with van der Waals surface area (Å²) in [6.45, 7) is 0. The van der Waals surface area contributed by atoms with Gasteiger partial charge >= 0.3 is 0 Å². The summed E-state index contributed by atoms with van der Waals surface area (Å²) < 4.78 is 10.4. The zero-order chi connectivity index (χ0) is 10.1. The quantitative estimate of drug-likeness (QED) is 0.661. The Hall–Kier alpha value is -1.62. The minimum absolute atomic E-state index is 0.254. The highest BCUT2D eigenvalue weighted by Gasteiger charge is 2.26. The van der Waals surface area contributed by atoms with E-state index in [-0.39, 0.29) is 5.92 Å². The van der Waals surface area contributed by atoms with E-state index >= 15 is 0 Å². The molecule has 0 amide bonds. The number of hydrogen-bond donors (Lipinski definition) is 0. The Kier molecular flexibility index (Phi) is 2.09. The fourth-order valence-electron chi connectivity index (χ4n) is 1.79. The predicted octanol–water partition coefficient (Wildman–Crippen LogP) is 1.98. The topological polar surface area (TPSA) is 18.5 Å². The molecular weight excluding hydrogens is 176 g/mol. The van der Waals surface area contributed by atoms with E-state index in [1.165, 1.54) is 11.1 Å². The normalized spacial score (nSPS) is 17.6. The van der Waals surface area contributed by atoms with Gasteiger partial charge in [0.05, 0.1) is 14.2 Å². The van der Waals surface area contributed by atoms with Gasteiger partial charge in [-0.3, -0.25) is 0 Å². The first-order valence-corrected chi connectivity index (χ1v) is 4.51. The van der Waals surface area contributed by atoms with Gasteiger partial charge in [-0.1, -0.05) is 5.92 Å². The molecule has 1 aromatic rings. The summed E-state index contributed by atoms with van der Waals surface area (Å²) in [5.74, 6) is 4.54. The molecule has 0 aromatic heterocycles. The van der Waals surface area contributed by atoms with Crippen molar-refractivity contribution in [1.29, 1.82) is 0 Å². The van der Waals surface area contributed by atoms with Crippen molar-refractivity contribution >= 4 is 0 Å². The number of ether oxygens (including phenoxy) is 2. The molecule has 0 bridgehead atoms. The van der Waals surface area contributed by atoms with Gasteiger partial charge in [0, 0.05) is 5.92 Å². The summed E-state index contributed by atoms with van der Waals surface area (Å²) in [7, 11) is 3.27. The van der Waals surface area contributed by atoms with Crippen molar-refractivity contribution in [3.05, 3.63) is 23.3 Å². The molecule has 2 heteroatoms. The molecule has 0 heterocycles. The van der Waals surface area contributed by atoms with Gasteiger partial charge in [0.1, 0.15) is 0 Å². The smallest absolute Gasteiger partial charge is 0.161 e. The molecule has 1 aromatic carbocycles. The summed E-state index contributed by atoms with van der Waals surface area (Å²) in [5.41, 5.74) is 2.47. The first-order chi connectivity index (χ1) is 6.80. The number of benzene rings is 1. The van der Waals surface area contributed by atoms with Gasteiger partial charge in [-0.15, -0.1) is 6.42 Å². The van der Waals surface area contributed by atoms with Crippen LogP contribution in [0.3, 0.4) is 0 Å².